The van der Waals surface area contributed by atoms with Crippen LogP contribution in [0, 0.1) is 11.3 Å². The molecule has 29 heteroatoms. The van der Waals surface area contributed by atoms with E-state index >= 15 is 0 Å². The van der Waals surface area contributed by atoms with Crippen molar-refractivity contribution < 1.29 is 85.6 Å². The highest BCUT2D eigenvalue weighted by Gasteiger charge is 2.50. The van der Waals surface area contributed by atoms with Crippen molar-refractivity contribution in [2.45, 2.75) is 116 Å². The Bertz CT molecular complexity index is 1940. The molecular formula is C33H58N7O18P3S. The Morgan fingerprint density at radius 2 is 1.65 bits per heavy atom. The lowest BCUT2D eigenvalue weighted by atomic mass is 9.87. The van der Waals surface area contributed by atoms with Crippen LogP contribution in [0.25, 0.3) is 11.2 Å². The van der Waals surface area contributed by atoms with Crippen LogP contribution in [0.15, 0.2) is 12.7 Å². The highest BCUT2D eigenvalue weighted by molar-refractivity contribution is 8.13. The van der Waals surface area contributed by atoms with Crippen molar-refractivity contribution in [3.8, 4) is 0 Å². The fraction of sp³-hybridized carbons (Fsp3) is 0.758. The average Bonchev–Trinajstić information content (AvgIpc) is 3.75. The SMILES string of the molecule is CCCCCCCCC(C)C(O)C(=O)SCCNC(=O)CCNC(=O)[C@H](O)C(C)(C)COP(=O)(O)OP(=O)(O)OC[C@H]1O[C@@H](n2cnc3c(N)ncnc32)[C@H](O)[C@@H]1OP(=O)(O)O. The number of fused-ring (bicyclic) bond motifs is 1. The van der Waals surface area contributed by atoms with E-state index in [1.807, 2.05) is 6.92 Å². The summed E-state index contributed by atoms with van der Waals surface area (Å²) in [6, 6.07) is 0. The van der Waals surface area contributed by atoms with Gasteiger partial charge in [-0.05, 0) is 12.3 Å². The zero-order chi connectivity index (χ0) is 46.5. The van der Waals surface area contributed by atoms with Crippen LogP contribution in [0.3, 0.4) is 0 Å². The maximum atomic E-state index is 12.7. The van der Waals surface area contributed by atoms with Crippen molar-refractivity contribution in [2.24, 2.45) is 11.3 Å². The van der Waals surface area contributed by atoms with Gasteiger partial charge in [0.2, 0.25) is 16.9 Å². The summed E-state index contributed by atoms with van der Waals surface area (Å²) < 4.78 is 62.3. The van der Waals surface area contributed by atoms with Crippen LogP contribution in [0.1, 0.15) is 85.3 Å². The topological polar surface area (TPSA) is 384 Å². The van der Waals surface area contributed by atoms with Gasteiger partial charge in [0.05, 0.1) is 19.5 Å². The monoisotopic (exact) mass is 965 g/mol. The number of unbranched alkanes of at least 4 members (excludes halogenated alkanes) is 5. The maximum Gasteiger partial charge on any atom is 0.481 e. The number of ether oxygens (including phenoxy) is 1. The number of imidazole rings is 1. The molecule has 3 rings (SSSR count). The number of thioether (sulfide) groups is 1. The molecule has 0 radical (unpaired) electrons. The number of hydrogen-bond donors (Lipinski definition) is 10. The fourth-order valence-electron chi connectivity index (χ4n) is 6.00. The minimum Gasteiger partial charge on any atom is -0.386 e. The van der Waals surface area contributed by atoms with Gasteiger partial charge in [-0.1, -0.05) is 78.0 Å². The Morgan fingerprint density at radius 1 is 0.984 bits per heavy atom. The van der Waals surface area contributed by atoms with Crippen LogP contribution in [0.4, 0.5) is 5.82 Å². The first-order valence-electron chi connectivity index (χ1n) is 19.6. The molecule has 2 amide bonds. The molecule has 0 saturated carbocycles. The van der Waals surface area contributed by atoms with Gasteiger partial charge >= 0.3 is 23.5 Å². The minimum absolute atomic E-state index is 0.0267. The van der Waals surface area contributed by atoms with Gasteiger partial charge in [-0.2, -0.15) is 4.31 Å². The molecule has 1 aliphatic rings. The van der Waals surface area contributed by atoms with Gasteiger partial charge < -0.3 is 56.0 Å². The van der Waals surface area contributed by atoms with Gasteiger partial charge in [0, 0.05) is 30.7 Å². The summed E-state index contributed by atoms with van der Waals surface area (Å²) in [5, 5.41) is 36.4. The van der Waals surface area contributed by atoms with Crippen molar-refractivity contribution in [1.82, 2.24) is 30.2 Å². The molecule has 3 heterocycles. The number of aliphatic hydroxyl groups excluding tert-OH is 3. The number of nitrogen functional groups attached to an aromatic ring is 1. The number of aliphatic hydroxyl groups is 3. The molecule has 0 aromatic carbocycles. The lowest BCUT2D eigenvalue weighted by Crippen LogP contribution is -2.46. The highest BCUT2D eigenvalue weighted by atomic mass is 32.2. The Labute approximate surface area is 361 Å². The average molecular weight is 966 g/mol. The van der Waals surface area contributed by atoms with Gasteiger partial charge in [0.1, 0.15) is 42.4 Å². The van der Waals surface area contributed by atoms with Crippen LogP contribution in [-0.2, 0) is 50.7 Å². The molecule has 2 aromatic rings. The van der Waals surface area contributed by atoms with E-state index in [9.17, 15) is 63.0 Å². The number of hydrogen-bond acceptors (Lipinski definition) is 19. The predicted molar refractivity (Wildman–Crippen MR) is 220 cm³/mol. The molecule has 1 aliphatic heterocycles. The zero-order valence-electron chi connectivity index (χ0n) is 34.6. The Kier molecular flexibility index (Phi) is 21.0. The standard InChI is InChI=1S/C33H58N7O18P3S/c1-5-6-7-8-9-10-11-20(2)24(42)32(46)62-15-14-35-22(41)12-13-36-30(45)27(44)33(3,4)17-55-61(52,53)58-60(50,51)54-16-21-26(57-59(47,48)49)25(43)31(56-21)40-19-39-23-28(34)37-18-38-29(23)40/h18-21,24-27,31,42-44H,5-17H2,1-4H3,(H,35,41)(H,36,45)(H,50,51)(H,52,53)(H2,34,37,38)(H2,47,48,49)/t20?,21-,24?,25-,26-,27+,31-/m1/s1. The van der Waals surface area contributed by atoms with Crippen LogP contribution in [-0.4, -0.2) is 134 Å². The van der Waals surface area contributed by atoms with Crippen LogP contribution in [0.5, 0.6) is 0 Å². The second-order valence-electron chi connectivity index (χ2n) is 15.2. The molecule has 1 saturated heterocycles. The van der Waals surface area contributed by atoms with Crippen molar-refractivity contribution in [2.75, 3.05) is 37.8 Å². The van der Waals surface area contributed by atoms with Crippen molar-refractivity contribution >= 4 is 69.1 Å². The van der Waals surface area contributed by atoms with E-state index in [2.05, 4.69) is 41.3 Å². The summed E-state index contributed by atoms with van der Waals surface area (Å²) >= 11 is 0.907. The van der Waals surface area contributed by atoms with E-state index in [1.54, 1.807) is 0 Å². The van der Waals surface area contributed by atoms with Crippen LogP contribution >= 0.6 is 35.2 Å². The first-order chi connectivity index (χ1) is 28.9. The number of nitrogens with zero attached hydrogens (tertiary/aromatic N) is 4. The number of aromatic nitrogens is 4. The molecule has 9 atom stereocenters. The number of carbonyl (C=O) groups excluding carboxylic acids is 3. The van der Waals surface area contributed by atoms with E-state index in [0.29, 0.717) is 0 Å². The number of rotatable bonds is 28. The molecule has 1 fully saturated rings. The summed E-state index contributed by atoms with van der Waals surface area (Å²) in [5.74, 6) is -1.49. The van der Waals surface area contributed by atoms with E-state index < -0.39 is 90.7 Å². The summed E-state index contributed by atoms with van der Waals surface area (Å²) in [6.45, 7) is 4.31. The molecule has 2 aromatic heterocycles. The van der Waals surface area contributed by atoms with Gasteiger partial charge in [-0.3, -0.25) is 32.5 Å². The summed E-state index contributed by atoms with van der Waals surface area (Å²) in [6.07, 6.45) is -0.740. The Hall–Kier alpha value is -2.48. The molecule has 354 valence electrons. The van der Waals surface area contributed by atoms with Crippen molar-refractivity contribution in [1.29, 1.82) is 0 Å². The molecule has 25 nitrogen and oxygen atoms in total. The molecule has 0 aliphatic carbocycles. The Balaban J connectivity index is 1.41. The maximum absolute atomic E-state index is 12.7. The fourth-order valence-corrected chi connectivity index (χ4v) is 9.64. The number of phosphoric ester groups is 3. The second kappa shape index (κ2) is 24.2. The van der Waals surface area contributed by atoms with E-state index in [4.69, 9.17) is 19.5 Å². The molecule has 0 bridgehead atoms. The number of nitrogens with two attached hydrogens (primary N) is 1. The third-order valence-electron chi connectivity index (χ3n) is 9.54. The number of nitrogens with one attached hydrogen (secondary N) is 2. The molecule has 11 N–H and O–H groups in total. The number of amides is 2. The largest absolute Gasteiger partial charge is 0.481 e. The van der Waals surface area contributed by atoms with Crippen LogP contribution < -0.4 is 16.4 Å². The van der Waals surface area contributed by atoms with Crippen molar-refractivity contribution in [3.63, 3.8) is 0 Å². The quantitative estimate of drug-likeness (QED) is 0.0426. The molecular weight excluding hydrogens is 907 g/mol. The smallest absolute Gasteiger partial charge is 0.386 e. The third kappa shape index (κ3) is 17.1. The van der Waals surface area contributed by atoms with Crippen molar-refractivity contribution in [3.05, 3.63) is 12.7 Å². The predicted octanol–water partition coefficient (Wildman–Crippen LogP) is 1.41. The minimum atomic E-state index is -5.59. The third-order valence-corrected chi connectivity index (χ3v) is 13.6. The molecule has 62 heavy (non-hydrogen) atoms. The van der Waals surface area contributed by atoms with E-state index in [0.717, 1.165) is 61.1 Å². The number of carbonyl (C=O) groups is 3. The van der Waals surface area contributed by atoms with E-state index in [1.165, 1.54) is 26.7 Å². The van der Waals surface area contributed by atoms with Gasteiger partial charge in [0.15, 0.2) is 17.7 Å². The highest BCUT2D eigenvalue weighted by Crippen LogP contribution is 2.61. The van der Waals surface area contributed by atoms with E-state index in [-0.39, 0.29) is 53.3 Å². The van der Waals surface area contributed by atoms with Gasteiger partial charge in [-0.15, -0.1) is 0 Å². The number of phosphoric acid groups is 3. The molecule has 4 unspecified atom stereocenters. The first kappa shape index (κ1) is 53.9. The van der Waals surface area contributed by atoms with Gasteiger partial charge in [0.25, 0.3) is 0 Å². The van der Waals surface area contributed by atoms with Crippen LogP contribution in [0.2, 0.25) is 0 Å². The van der Waals surface area contributed by atoms with Gasteiger partial charge in [-0.25, -0.2) is 28.6 Å². The second-order valence-corrected chi connectivity index (χ2v) is 20.6. The summed E-state index contributed by atoms with van der Waals surface area (Å²) in [4.78, 5) is 88.3. The Morgan fingerprint density at radius 3 is 2.32 bits per heavy atom. The lowest BCUT2D eigenvalue weighted by Gasteiger charge is -2.30. The molecule has 0 spiro atoms. The summed E-state index contributed by atoms with van der Waals surface area (Å²) in [5.41, 5.74) is 4.24. The summed E-state index contributed by atoms with van der Waals surface area (Å²) in [7, 11) is -16.4. The zero-order valence-corrected chi connectivity index (χ0v) is 38.1. The lowest BCUT2D eigenvalue weighted by molar-refractivity contribution is -0.137. The first-order valence-corrected chi connectivity index (χ1v) is 25.1. The number of anilines is 1. The normalized spacial score (nSPS) is 21.8.